The summed E-state index contributed by atoms with van der Waals surface area (Å²) in [6.07, 6.45) is -3.74. The number of anilines is 1. The van der Waals surface area contributed by atoms with E-state index in [0.29, 0.717) is 26.5 Å². The third kappa shape index (κ3) is 5.25. The Balaban J connectivity index is 1.27. The van der Waals surface area contributed by atoms with E-state index in [2.05, 4.69) is 35.7 Å². The Morgan fingerprint density at radius 2 is 1.86 bits per heavy atom. The number of hydrogen-bond donors (Lipinski definition) is 2. The fraction of sp³-hybridized carbons (Fsp3) is 0.269. The Morgan fingerprint density at radius 3 is 2.57 bits per heavy atom. The van der Waals surface area contributed by atoms with E-state index in [9.17, 15) is 31.9 Å². The molecule has 226 valence electrons. The number of benzene rings is 1. The zero-order valence-electron chi connectivity index (χ0n) is 22.7. The van der Waals surface area contributed by atoms with Crippen LogP contribution in [0.3, 0.4) is 0 Å². The minimum absolute atomic E-state index is 0.0983. The Labute approximate surface area is 243 Å². The molecule has 3 N–H and O–H groups in total. The monoisotopic (exact) mass is 611 g/mol. The number of alkyl halides is 4. The molecule has 1 aliphatic rings. The largest absolute Gasteiger partial charge is 0.453 e. The predicted molar refractivity (Wildman–Crippen MR) is 143 cm³/mol. The lowest BCUT2D eigenvalue weighted by Gasteiger charge is -2.23. The van der Waals surface area contributed by atoms with Gasteiger partial charge in [-0.05, 0) is 30.7 Å². The van der Waals surface area contributed by atoms with Gasteiger partial charge in [0.25, 0.3) is 17.5 Å². The molecule has 1 saturated heterocycles. The van der Waals surface area contributed by atoms with Crippen molar-refractivity contribution in [3.8, 4) is 11.1 Å². The van der Waals surface area contributed by atoms with E-state index in [0.717, 1.165) is 4.90 Å². The lowest BCUT2D eigenvalue weighted by atomic mass is 10.0. The maximum absolute atomic E-state index is 14.6. The quantitative estimate of drug-likeness (QED) is 0.271. The second-order valence-electron chi connectivity index (χ2n) is 10.0. The maximum atomic E-state index is 14.6. The molecule has 4 aromatic heterocycles. The SMILES string of the molecule is Cc1cc(NC(=O)C2CC(F)CN2C(=O)Cn2nc(C(N)=O)c3cc(-c4ccnnc4)ccc32)n2nc(C(F)(F)F)nc2n1. The summed E-state index contributed by atoms with van der Waals surface area (Å²) < 4.78 is 56.1. The molecule has 0 bridgehead atoms. The summed E-state index contributed by atoms with van der Waals surface area (Å²) in [5.41, 5.74) is 7.47. The van der Waals surface area contributed by atoms with Gasteiger partial charge in [-0.2, -0.15) is 38.0 Å². The second-order valence-corrected chi connectivity index (χ2v) is 10.0. The van der Waals surface area contributed by atoms with Gasteiger partial charge in [0, 0.05) is 29.1 Å². The van der Waals surface area contributed by atoms with Crippen LogP contribution in [0.2, 0.25) is 0 Å². The molecule has 14 nitrogen and oxygen atoms in total. The number of nitrogens with zero attached hydrogens (tertiary/aromatic N) is 9. The molecule has 44 heavy (non-hydrogen) atoms. The third-order valence-electron chi connectivity index (χ3n) is 7.00. The van der Waals surface area contributed by atoms with Crippen molar-refractivity contribution < 1.29 is 31.9 Å². The fourth-order valence-corrected chi connectivity index (χ4v) is 5.06. The number of fused-ring (bicyclic) bond motifs is 2. The molecule has 1 aromatic carbocycles. The predicted octanol–water partition coefficient (Wildman–Crippen LogP) is 1.93. The number of carbonyl (C=O) groups is 3. The van der Waals surface area contributed by atoms with Gasteiger partial charge in [-0.3, -0.25) is 19.1 Å². The molecule has 6 rings (SSSR count). The van der Waals surface area contributed by atoms with Crippen molar-refractivity contribution in [3.05, 3.63) is 59.9 Å². The molecule has 3 amide bonds. The average molecular weight is 612 g/mol. The van der Waals surface area contributed by atoms with Gasteiger partial charge in [-0.1, -0.05) is 6.07 Å². The zero-order valence-corrected chi connectivity index (χ0v) is 22.7. The summed E-state index contributed by atoms with van der Waals surface area (Å²) in [5, 5.41) is 18.0. The topological polar surface area (TPSA) is 179 Å². The Kier molecular flexibility index (Phi) is 6.89. The summed E-state index contributed by atoms with van der Waals surface area (Å²) in [6, 6.07) is 6.70. The first-order chi connectivity index (χ1) is 20.9. The highest BCUT2D eigenvalue weighted by Gasteiger charge is 2.41. The molecule has 2 unspecified atom stereocenters. The van der Waals surface area contributed by atoms with E-state index in [1.807, 2.05) is 0 Å². The van der Waals surface area contributed by atoms with Crippen LogP contribution in [0.15, 0.2) is 42.7 Å². The van der Waals surface area contributed by atoms with Crippen molar-refractivity contribution in [1.29, 1.82) is 0 Å². The number of halogens is 4. The van der Waals surface area contributed by atoms with Crippen LogP contribution in [0.1, 0.15) is 28.4 Å². The smallest absolute Gasteiger partial charge is 0.364 e. The normalized spacial score (nSPS) is 17.0. The molecule has 5 heterocycles. The number of likely N-dealkylation sites (tertiary alicyclic amines) is 1. The highest BCUT2D eigenvalue weighted by molar-refractivity contribution is 6.05. The first-order valence-corrected chi connectivity index (χ1v) is 13.0. The molecule has 5 aromatic rings. The molecule has 1 fully saturated rings. The van der Waals surface area contributed by atoms with E-state index in [1.54, 1.807) is 24.3 Å². The van der Waals surface area contributed by atoms with Gasteiger partial charge in [0.1, 0.15) is 24.6 Å². The van der Waals surface area contributed by atoms with Gasteiger partial charge in [0.05, 0.1) is 24.5 Å². The standard InChI is InChI=1S/C26H21F4N11O3/c1-12-6-19(41-25(34-12)36-24(38-41)26(28,29)30)35-23(44)18-8-15(27)10-39(18)20(42)11-40-17-3-2-13(14-4-5-32-33-9-14)7-16(17)21(37-40)22(31)43/h2-7,9,15,18H,8,10-11H2,1H3,(H2,31,43)(H,35,44). The van der Waals surface area contributed by atoms with Crippen LogP contribution in [-0.2, 0) is 22.3 Å². The van der Waals surface area contributed by atoms with Crippen molar-refractivity contribution in [2.45, 2.75) is 38.3 Å². The van der Waals surface area contributed by atoms with Crippen LogP contribution < -0.4 is 11.1 Å². The summed E-state index contributed by atoms with van der Waals surface area (Å²) in [4.78, 5) is 47.2. The molecule has 2 atom stereocenters. The van der Waals surface area contributed by atoms with Crippen LogP contribution in [0.25, 0.3) is 27.8 Å². The van der Waals surface area contributed by atoms with Crippen LogP contribution in [0.4, 0.5) is 23.4 Å². The van der Waals surface area contributed by atoms with Crippen molar-refractivity contribution in [2.24, 2.45) is 5.73 Å². The van der Waals surface area contributed by atoms with Crippen molar-refractivity contribution in [2.75, 3.05) is 11.9 Å². The van der Waals surface area contributed by atoms with Crippen molar-refractivity contribution in [1.82, 2.24) is 44.5 Å². The van der Waals surface area contributed by atoms with Crippen molar-refractivity contribution >= 4 is 40.2 Å². The number of aryl methyl sites for hydroxylation is 1. The number of hydrogen-bond acceptors (Lipinski definition) is 9. The number of amides is 3. The molecular formula is C26H21F4N11O3. The number of aromatic nitrogens is 8. The number of nitrogens with two attached hydrogens (primary N) is 1. The van der Waals surface area contributed by atoms with Gasteiger partial charge in [-0.25, -0.2) is 9.37 Å². The Hall–Kier alpha value is -5.55. The van der Waals surface area contributed by atoms with Crippen molar-refractivity contribution in [3.63, 3.8) is 0 Å². The maximum Gasteiger partial charge on any atom is 0.453 e. The molecular weight excluding hydrogens is 590 g/mol. The summed E-state index contributed by atoms with van der Waals surface area (Å²) in [7, 11) is 0. The van der Waals surface area contributed by atoms with Crippen LogP contribution >= 0.6 is 0 Å². The highest BCUT2D eigenvalue weighted by Crippen LogP contribution is 2.29. The van der Waals surface area contributed by atoms with Gasteiger partial charge >= 0.3 is 6.18 Å². The first-order valence-electron chi connectivity index (χ1n) is 13.0. The number of nitrogens with one attached hydrogen (secondary N) is 1. The van der Waals surface area contributed by atoms with Crippen LogP contribution in [0, 0.1) is 6.92 Å². The minimum atomic E-state index is -4.86. The lowest BCUT2D eigenvalue weighted by Crippen LogP contribution is -2.44. The molecule has 1 aliphatic heterocycles. The van der Waals surface area contributed by atoms with E-state index < -0.39 is 60.8 Å². The van der Waals surface area contributed by atoms with Crippen LogP contribution in [-0.4, -0.2) is 80.9 Å². The first kappa shape index (κ1) is 28.6. The average Bonchev–Trinajstić information content (AvgIpc) is 3.68. The zero-order chi connectivity index (χ0) is 31.3. The molecule has 0 saturated carbocycles. The minimum Gasteiger partial charge on any atom is -0.364 e. The van der Waals surface area contributed by atoms with Gasteiger partial charge < -0.3 is 16.0 Å². The molecule has 0 spiro atoms. The summed E-state index contributed by atoms with van der Waals surface area (Å²) in [5.74, 6) is -4.44. The van der Waals surface area contributed by atoms with Gasteiger partial charge in [0.2, 0.25) is 11.8 Å². The summed E-state index contributed by atoms with van der Waals surface area (Å²) >= 11 is 0. The van der Waals surface area contributed by atoms with Crippen LogP contribution in [0.5, 0.6) is 0 Å². The molecule has 0 aliphatic carbocycles. The lowest BCUT2D eigenvalue weighted by molar-refractivity contribution is -0.144. The second kappa shape index (κ2) is 10.6. The third-order valence-corrected chi connectivity index (χ3v) is 7.00. The van der Waals surface area contributed by atoms with E-state index in [-0.39, 0.29) is 23.6 Å². The van der Waals surface area contributed by atoms with E-state index in [4.69, 9.17) is 5.73 Å². The molecule has 18 heteroatoms. The Bertz CT molecular complexity index is 1940. The number of rotatable bonds is 6. The number of primary amides is 1. The fourth-order valence-electron chi connectivity index (χ4n) is 5.06. The van der Waals surface area contributed by atoms with E-state index >= 15 is 0 Å². The number of carbonyl (C=O) groups excluding carboxylic acids is 3. The van der Waals surface area contributed by atoms with Gasteiger partial charge in [0.15, 0.2) is 5.69 Å². The van der Waals surface area contributed by atoms with E-state index in [1.165, 1.54) is 30.1 Å². The Morgan fingerprint density at radius 1 is 1.07 bits per heavy atom. The highest BCUT2D eigenvalue weighted by atomic mass is 19.4. The summed E-state index contributed by atoms with van der Waals surface area (Å²) in [6.45, 7) is 0.601. The molecule has 0 radical (unpaired) electrons. The van der Waals surface area contributed by atoms with Gasteiger partial charge in [-0.15, -0.1) is 5.10 Å².